The number of benzene rings is 3. The van der Waals surface area contributed by atoms with Gasteiger partial charge in [-0.15, -0.1) is 5.10 Å². The highest BCUT2D eigenvalue weighted by Crippen LogP contribution is 2.32. The number of aromatic nitrogens is 6. The van der Waals surface area contributed by atoms with E-state index in [1.165, 1.54) is 5.56 Å². The van der Waals surface area contributed by atoms with Crippen molar-refractivity contribution in [2.45, 2.75) is 45.9 Å². The molecule has 0 saturated carbocycles. The van der Waals surface area contributed by atoms with E-state index in [0.717, 1.165) is 39.6 Å². The fourth-order valence-corrected chi connectivity index (χ4v) is 5.65. The Morgan fingerprint density at radius 3 is 2.47 bits per heavy atom. The molecule has 0 saturated heterocycles. The Hall–Kier alpha value is -4.66. The van der Waals surface area contributed by atoms with Crippen molar-refractivity contribution in [3.63, 3.8) is 0 Å². The maximum absolute atomic E-state index is 13.9. The molecule has 0 fully saturated rings. The number of hydrogen-bond donors (Lipinski definition) is 1. The fraction of sp³-hybridized carbons (Fsp3) is 0.206. The predicted molar refractivity (Wildman–Crippen MR) is 169 cm³/mol. The van der Waals surface area contributed by atoms with Crippen LogP contribution in [0.2, 0.25) is 5.02 Å². The van der Waals surface area contributed by atoms with Gasteiger partial charge in [0.05, 0.1) is 0 Å². The molecule has 1 N–H and O–H groups in total. The molecule has 216 valence electrons. The molecule has 0 aliphatic carbocycles. The second kappa shape index (κ2) is 12.7. The maximum atomic E-state index is 13.9. The van der Waals surface area contributed by atoms with Crippen molar-refractivity contribution in [1.29, 1.82) is 0 Å². The number of tetrazole rings is 1. The Kier molecular flexibility index (Phi) is 8.40. The predicted octanol–water partition coefficient (Wildman–Crippen LogP) is 6.21. The summed E-state index contributed by atoms with van der Waals surface area (Å²) in [5.74, 6) is 0.584. The fourth-order valence-electron chi connectivity index (χ4n) is 5.45. The van der Waals surface area contributed by atoms with E-state index in [2.05, 4.69) is 55.5 Å². The minimum atomic E-state index is -0.586. The number of aromatic amines is 1. The lowest BCUT2D eigenvalue weighted by Crippen LogP contribution is -2.35. The van der Waals surface area contributed by atoms with E-state index in [0.29, 0.717) is 36.0 Å². The highest BCUT2D eigenvalue weighted by atomic mass is 35.5. The van der Waals surface area contributed by atoms with Crippen LogP contribution in [0.15, 0.2) is 102 Å². The molecule has 3 aromatic heterocycles. The van der Waals surface area contributed by atoms with Gasteiger partial charge in [-0.05, 0) is 94.2 Å². The van der Waals surface area contributed by atoms with E-state index in [1.54, 1.807) is 6.20 Å². The number of nitrogens with one attached hydrogen (secondary N) is 1. The van der Waals surface area contributed by atoms with Gasteiger partial charge in [0.15, 0.2) is 5.82 Å². The highest BCUT2D eigenvalue weighted by Gasteiger charge is 2.31. The SMILES string of the molecule is Cc1cc2cc([C@H](c3nnnn3CCc3ccccc3)N(Cc3cccnc3)Cc3ccccc3Cl)c(=O)[nH]c2cc1C. The lowest BCUT2D eigenvalue weighted by Gasteiger charge is -2.31. The second-order valence-corrected chi connectivity index (χ2v) is 11.2. The molecule has 0 unspecified atom stereocenters. The molecule has 0 aliphatic rings. The summed E-state index contributed by atoms with van der Waals surface area (Å²) in [4.78, 5) is 23.6. The average molecular weight is 590 g/mol. The van der Waals surface area contributed by atoms with Crippen LogP contribution >= 0.6 is 11.6 Å². The number of nitrogens with zero attached hydrogens (tertiary/aromatic N) is 6. The molecule has 3 heterocycles. The first-order chi connectivity index (χ1) is 21.0. The zero-order valence-electron chi connectivity index (χ0n) is 24.1. The van der Waals surface area contributed by atoms with Crippen molar-refractivity contribution >= 4 is 22.5 Å². The van der Waals surface area contributed by atoms with Crippen LogP contribution in [0.25, 0.3) is 10.9 Å². The Balaban J connectivity index is 1.51. The summed E-state index contributed by atoms with van der Waals surface area (Å²) >= 11 is 6.68. The van der Waals surface area contributed by atoms with Gasteiger partial charge in [0.25, 0.3) is 5.56 Å². The molecule has 1 atom stereocenters. The zero-order chi connectivity index (χ0) is 29.8. The van der Waals surface area contributed by atoms with Crippen LogP contribution in [0.5, 0.6) is 0 Å². The summed E-state index contributed by atoms with van der Waals surface area (Å²) in [6.45, 7) is 5.62. The van der Waals surface area contributed by atoms with E-state index in [4.69, 9.17) is 11.6 Å². The van der Waals surface area contributed by atoms with Crippen molar-refractivity contribution in [1.82, 2.24) is 35.1 Å². The number of aryl methyl sites for hydroxylation is 4. The minimum Gasteiger partial charge on any atom is -0.322 e. The van der Waals surface area contributed by atoms with Crippen LogP contribution in [0.1, 0.15) is 45.2 Å². The molecule has 43 heavy (non-hydrogen) atoms. The van der Waals surface area contributed by atoms with E-state index in [-0.39, 0.29) is 5.56 Å². The molecule has 0 radical (unpaired) electrons. The van der Waals surface area contributed by atoms with Crippen LogP contribution in [0.4, 0.5) is 0 Å². The molecule has 9 heteroatoms. The second-order valence-electron chi connectivity index (χ2n) is 10.8. The topological polar surface area (TPSA) is 92.6 Å². The first kappa shape index (κ1) is 28.5. The Morgan fingerprint density at radius 1 is 0.907 bits per heavy atom. The number of H-pyrrole nitrogens is 1. The minimum absolute atomic E-state index is 0.186. The number of fused-ring (bicyclic) bond motifs is 1. The van der Waals surface area contributed by atoms with Gasteiger partial charge in [-0.1, -0.05) is 66.2 Å². The van der Waals surface area contributed by atoms with Crippen molar-refractivity contribution in [3.05, 3.63) is 152 Å². The summed E-state index contributed by atoms with van der Waals surface area (Å²) in [5, 5.41) is 14.6. The number of hydrogen-bond acceptors (Lipinski definition) is 6. The largest absolute Gasteiger partial charge is 0.322 e. The van der Waals surface area contributed by atoms with Gasteiger partial charge in [0.1, 0.15) is 6.04 Å². The zero-order valence-corrected chi connectivity index (χ0v) is 24.9. The van der Waals surface area contributed by atoms with Gasteiger partial charge in [-0.3, -0.25) is 14.7 Å². The number of halogens is 1. The Morgan fingerprint density at radius 2 is 1.67 bits per heavy atom. The first-order valence-electron chi connectivity index (χ1n) is 14.3. The molecule has 6 aromatic rings. The first-order valence-corrected chi connectivity index (χ1v) is 14.6. The normalized spacial score (nSPS) is 12.2. The lowest BCUT2D eigenvalue weighted by atomic mass is 9.99. The highest BCUT2D eigenvalue weighted by molar-refractivity contribution is 6.31. The molecule has 0 bridgehead atoms. The Labute approximate surface area is 255 Å². The molecule has 0 spiro atoms. The van der Waals surface area contributed by atoms with Crippen LogP contribution in [-0.4, -0.2) is 35.1 Å². The third-order valence-corrected chi connectivity index (χ3v) is 8.21. The van der Waals surface area contributed by atoms with Crippen LogP contribution < -0.4 is 5.56 Å². The third-order valence-electron chi connectivity index (χ3n) is 7.85. The molecule has 0 amide bonds. The summed E-state index contributed by atoms with van der Waals surface area (Å²) in [6.07, 6.45) is 4.33. The van der Waals surface area contributed by atoms with Crippen molar-refractivity contribution in [2.75, 3.05) is 0 Å². The number of pyridine rings is 2. The van der Waals surface area contributed by atoms with Gasteiger partial charge in [0.2, 0.25) is 0 Å². The average Bonchev–Trinajstić information content (AvgIpc) is 3.48. The summed E-state index contributed by atoms with van der Waals surface area (Å²) in [7, 11) is 0. The van der Waals surface area contributed by atoms with Gasteiger partial charge in [-0.2, -0.15) is 0 Å². The van der Waals surface area contributed by atoms with Gasteiger partial charge in [-0.25, -0.2) is 4.68 Å². The summed E-state index contributed by atoms with van der Waals surface area (Å²) in [6, 6.07) is 27.5. The standard InChI is InChI=1S/C34H32ClN7O/c1-23-17-28-19-29(34(43)37-31(28)18-24(23)2)32(33-38-39-40-42(33)16-14-25-9-4-3-5-10-25)41(21-26-11-8-15-36-20-26)22-27-12-6-7-13-30(27)35/h3-13,15,17-20,32H,14,16,21-22H2,1-2H3,(H,37,43)/t32-/m1/s1. The summed E-state index contributed by atoms with van der Waals surface area (Å²) < 4.78 is 1.81. The summed E-state index contributed by atoms with van der Waals surface area (Å²) in [5.41, 5.74) is 6.54. The molecule has 8 nitrogen and oxygen atoms in total. The molecule has 6 rings (SSSR count). The van der Waals surface area contributed by atoms with Gasteiger partial charge in [0, 0.05) is 48.1 Å². The van der Waals surface area contributed by atoms with E-state index in [1.807, 2.05) is 84.5 Å². The monoisotopic (exact) mass is 589 g/mol. The van der Waals surface area contributed by atoms with Gasteiger partial charge >= 0.3 is 0 Å². The third kappa shape index (κ3) is 6.40. The quantitative estimate of drug-likeness (QED) is 0.204. The molecule has 0 aliphatic heterocycles. The van der Waals surface area contributed by atoms with Crippen molar-refractivity contribution in [2.24, 2.45) is 0 Å². The van der Waals surface area contributed by atoms with E-state index >= 15 is 0 Å². The van der Waals surface area contributed by atoms with Crippen LogP contribution in [0, 0.1) is 13.8 Å². The van der Waals surface area contributed by atoms with E-state index < -0.39 is 6.04 Å². The molecular weight excluding hydrogens is 558 g/mol. The van der Waals surface area contributed by atoms with E-state index in [9.17, 15) is 4.79 Å². The van der Waals surface area contributed by atoms with Crippen molar-refractivity contribution < 1.29 is 0 Å². The van der Waals surface area contributed by atoms with Crippen molar-refractivity contribution in [3.8, 4) is 0 Å². The van der Waals surface area contributed by atoms with Crippen LogP contribution in [-0.2, 0) is 26.1 Å². The number of rotatable bonds is 10. The molecule has 3 aromatic carbocycles. The lowest BCUT2D eigenvalue weighted by molar-refractivity contribution is 0.193. The van der Waals surface area contributed by atoms with Gasteiger partial charge < -0.3 is 4.98 Å². The van der Waals surface area contributed by atoms with Crippen LogP contribution in [0.3, 0.4) is 0 Å². The smallest absolute Gasteiger partial charge is 0.253 e. The maximum Gasteiger partial charge on any atom is 0.253 e. The molecular formula is C34H32ClN7O. The Bertz CT molecular complexity index is 1900.